The van der Waals surface area contributed by atoms with Crippen molar-refractivity contribution in [2.24, 2.45) is 0 Å². The molecule has 0 bridgehead atoms. The second-order valence-electron chi connectivity index (χ2n) is 3.63. The van der Waals surface area contributed by atoms with Gasteiger partial charge in [0.25, 0.3) is 5.91 Å². The number of nitrogens with zero attached hydrogens (tertiary/aromatic N) is 2. The van der Waals surface area contributed by atoms with E-state index in [-0.39, 0.29) is 5.91 Å². The van der Waals surface area contributed by atoms with Gasteiger partial charge in [-0.1, -0.05) is 11.6 Å². The van der Waals surface area contributed by atoms with Crippen LogP contribution in [0.25, 0.3) is 0 Å². The molecule has 3 N–H and O–H groups in total. The van der Waals surface area contributed by atoms with Crippen LogP contribution in [0, 0.1) is 0 Å². The summed E-state index contributed by atoms with van der Waals surface area (Å²) < 4.78 is 0. The fraction of sp³-hybridized carbons (Fsp3) is 0.0833. The molecular weight excluding hydrogens is 252 g/mol. The largest absolute Gasteiger partial charge is 0.398 e. The van der Waals surface area contributed by atoms with Crippen LogP contribution < -0.4 is 11.1 Å². The third kappa shape index (κ3) is 2.95. The lowest BCUT2D eigenvalue weighted by atomic mass is 10.1. The van der Waals surface area contributed by atoms with Crippen LogP contribution in [0.15, 0.2) is 36.5 Å². The molecule has 0 radical (unpaired) electrons. The Labute approximate surface area is 109 Å². The number of hydrogen-bond acceptors (Lipinski definition) is 4. The smallest absolute Gasteiger partial charge is 0.253 e. The van der Waals surface area contributed by atoms with Crippen LogP contribution in [0.2, 0.25) is 5.02 Å². The summed E-state index contributed by atoms with van der Waals surface area (Å²) in [6, 6.07) is 8.29. The van der Waals surface area contributed by atoms with E-state index in [9.17, 15) is 4.79 Å². The number of nitrogens with two attached hydrogens (primary N) is 1. The molecule has 92 valence electrons. The number of nitrogens with one attached hydrogen (secondary N) is 1. The Hall–Kier alpha value is -2.14. The van der Waals surface area contributed by atoms with E-state index >= 15 is 0 Å². The van der Waals surface area contributed by atoms with Crippen molar-refractivity contribution < 1.29 is 4.79 Å². The van der Waals surface area contributed by atoms with Crippen molar-refractivity contribution in [1.29, 1.82) is 0 Å². The van der Waals surface area contributed by atoms with Crippen LogP contribution in [-0.2, 0) is 6.54 Å². The van der Waals surface area contributed by atoms with Gasteiger partial charge in [-0.25, -0.2) is 0 Å². The highest BCUT2D eigenvalue weighted by atomic mass is 35.5. The Bertz CT molecular complexity index is 559. The molecule has 0 aliphatic rings. The van der Waals surface area contributed by atoms with Gasteiger partial charge in [-0.15, -0.1) is 0 Å². The Morgan fingerprint density at radius 2 is 2.22 bits per heavy atom. The van der Waals surface area contributed by atoms with E-state index in [0.717, 1.165) is 0 Å². The lowest BCUT2D eigenvalue weighted by Crippen LogP contribution is -2.24. The fourth-order valence-corrected chi connectivity index (χ4v) is 1.59. The maximum absolute atomic E-state index is 11.9. The first kappa shape index (κ1) is 12.3. The summed E-state index contributed by atoms with van der Waals surface area (Å²) >= 11 is 5.82. The second kappa shape index (κ2) is 5.46. The molecule has 18 heavy (non-hydrogen) atoms. The van der Waals surface area contributed by atoms with E-state index in [1.54, 1.807) is 30.5 Å². The molecule has 1 aromatic carbocycles. The molecule has 2 aromatic rings. The minimum atomic E-state index is -0.291. The molecule has 0 aliphatic heterocycles. The molecule has 0 fully saturated rings. The molecule has 0 spiro atoms. The lowest BCUT2D eigenvalue weighted by Gasteiger charge is -2.07. The first-order valence-electron chi connectivity index (χ1n) is 5.26. The van der Waals surface area contributed by atoms with Crippen LogP contribution in [0.5, 0.6) is 0 Å². The van der Waals surface area contributed by atoms with Crippen LogP contribution in [-0.4, -0.2) is 16.1 Å². The Balaban J connectivity index is 2.06. The Morgan fingerprint density at radius 3 is 2.94 bits per heavy atom. The summed E-state index contributed by atoms with van der Waals surface area (Å²) in [5.74, 6) is -0.291. The highest BCUT2D eigenvalue weighted by molar-refractivity contribution is 6.31. The molecule has 1 aromatic heterocycles. The van der Waals surface area contributed by atoms with Gasteiger partial charge in [0.15, 0.2) is 0 Å². The quantitative estimate of drug-likeness (QED) is 0.824. The molecule has 0 unspecified atom stereocenters. The third-order valence-corrected chi connectivity index (χ3v) is 2.55. The number of carbonyl (C=O) groups is 1. The summed E-state index contributed by atoms with van der Waals surface area (Å²) in [5, 5.41) is 10.8. The summed E-state index contributed by atoms with van der Waals surface area (Å²) in [7, 11) is 0. The van der Waals surface area contributed by atoms with Crippen molar-refractivity contribution in [3.8, 4) is 0 Å². The van der Waals surface area contributed by atoms with Crippen molar-refractivity contribution >= 4 is 23.2 Å². The number of aromatic nitrogens is 2. The molecule has 1 amide bonds. The molecule has 5 nitrogen and oxygen atoms in total. The lowest BCUT2D eigenvalue weighted by molar-refractivity contribution is 0.0951. The predicted molar refractivity (Wildman–Crippen MR) is 69.1 cm³/mol. The van der Waals surface area contributed by atoms with E-state index in [1.807, 2.05) is 0 Å². The first-order chi connectivity index (χ1) is 8.66. The average Bonchev–Trinajstić information content (AvgIpc) is 2.40. The van der Waals surface area contributed by atoms with E-state index in [1.165, 1.54) is 6.07 Å². The zero-order valence-corrected chi connectivity index (χ0v) is 10.2. The molecule has 0 aliphatic carbocycles. The molecular formula is C12H11ClN4O. The number of hydrogen-bond donors (Lipinski definition) is 2. The number of anilines is 1. The van der Waals surface area contributed by atoms with Crippen molar-refractivity contribution in [2.75, 3.05) is 5.73 Å². The van der Waals surface area contributed by atoms with E-state index in [0.29, 0.717) is 28.5 Å². The number of nitrogen functional groups attached to an aromatic ring is 1. The van der Waals surface area contributed by atoms with Gasteiger partial charge in [-0.3, -0.25) is 4.79 Å². The zero-order chi connectivity index (χ0) is 13.0. The number of amides is 1. The Morgan fingerprint density at radius 1 is 1.39 bits per heavy atom. The van der Waals surface area contributed by atoms with Gasteiger partial charge in [0.2, 0.25) is 0 Å². The van der Waals surface area contributed by atoms with E-state index in [2.05, 4.69) is 15.5 Å². The van der Waals surface area contributed by atoms with Crippen LogP contribution in [0.3, 0.4) is 0 Å². The highest BCUT2D eigenvalue weighted by Gasteiger charge is 2.10. The van der Waals surface area contributed by atoms with Gasteiger partial charge in [-0.05, 0) is 30.3 Å². The van der Waals surface area contributed by atoms with Crippen LogP contribution in [0.4, 0.5) is 5.69 Å². The van der Waals surface area contributed by atoms with Gasteiger partial charge in [0, 0.05) is 16.9 Å². The summed E-state index contributed by atoms with van der Waals surface area (Å²) in [4.78, 5) is 11.9. The highest BCUT2D eigenvalue weighted by Crippen LogP contribution is 2.17. The van der Waals surface area contributed by atoms with Crippen LogP contribution >= 0.6 is 11.6 Å². The SMILES string of the molecule is Nc1ccc(Cl)cc1C(=O)NCc1cccnn1. The molecule has 0 saturated heterocycles. The maximum atomic E-state index is 11.9. The van der Waals surface area contributed by atoms with Crippen molar-refractivity contribution in [3.63, 3.8) is 0 Å². The van der Waals surface area contributed by atoms with E-state index in [4.69, 9.17) is 17.3 Å². The fourth-order valence-electron chi connectivity index (χ4n) is 1.42. The number of halogens is 1. The molecule has 0 atom stereocenters. The van der Waals surface area contributed by atoms with Crippen molar-refractivity contribution in [3.05, 3.63) is 52.8 Å². The van der Waals surface area contributed by atoms with Crippen molar-refractivity contribution in [2.45, 2.75) is 6.54 Å². The topological polar surface area (TPSA) is 80.9 Å². The predicted octanol–water partition coefficient (Wildman–Crippen LogP) is 1.64. The summed E-state index contributed by atoms with van der Waals surface area (Å²) in [6.07, 6.45) is 1.57. The van der Waals surface area contributed by atoms with Gasteiger partial charge in [-0.2, -0.15) is 10.2 Å². The molecule has 0 saturated carbocycles. The summed E-state index contributed by atoms with van der Waals surface area (Å²) in [6.45, 7) is 0.290. The third-order valence-electron chi connectivity index (χ3n) is 2.32. The van der Waals surface area contributed by atoms with Gasteiger partial charge in [0.1, 0.15) is 0 Å². The number of carbonyl (C=O) groups excluding carboxylic acids is 1. The molecule has 6 heteroatoms. The van der Waals surface area contributed by atoms with Crippen LogP contribution in [0.1, 0.15) is 16.1 Å². The van der Waals surface area contributed by atoms with E-state index < -0.39 is 0 Å². The minimum absolute atomic E-state index is 0.290. The minimum Gasteiger partial charge on any atom is -0.398 e. The molecule has 1 heterocycles. The maximum Gasteiger partial charge on any atom is 0.253 e. The first-order valence-corrected chi connectivity index (χ1v) is 5.64. The monoisotopic (exact) mass is 262 g/mol. The van der Waals surface area contributed by atoms with Gasteiger partial charge < -0.3 is 11.1 Å². The summed E-state index contributed by atoms with van der Waals surface area (Å²) in [5.41, 5.74) is 7.12. The average molecular weight is 263 g/mol. The zero-order valence-electron chi connectivity index (χ0n) is 9.43. The second-order valence-corrected chi connectivity index (χ2v) is 4.07. The van der Waals surface area contributed by atoms with Crippen molar-refractivity contribution in [1.82, 2.24) is 15.5 Å². The molecule has 2 rings (SSSR count). The van der Waals surface area contributed by atoms with Gasteiger partial charge in [0.05, 0.1) is 17.8 Å². The number of benzene rings is 1. The number of rotatable bonds is 3. The normalized spacial score (nSPS) is 10.1. The van der Waals surface area contributed by atoms with Gasteiger partial charge >= 0.3 is 0 Å². The Kier molecular flexibility index (Phi) is 3.74. The standard InChI is InChI=1S/C12H11ClN4O/c13-8-3-4-11(14)10(6-8)12(18)15-7-9-2-1-5-16-17-9/h1-6H,7,14H2,(H,15,18).